The van der Waals surface area contributed by atoms with Crippen LogP contribution in [-0.2, 0) is 7.05 Å². The summed E-state index contributed by atoms with van der Waals surface area (Å²) in [5.41, 5.74) is 2.29. The van der Waals surface area contributed by atoms with E-state index in [-0.39, 0.29) is 5.91 Å². The first kappa shape index (κ1) is 15.6. The molecular weight excluding hydrogens is 332 g/mol. The van der Waals surface area contributed by atoms with Crippen LogP contribution in [0.3, 0.4) is 0 Å². The minimum Gasteiger partial charge on any atom is -0.372 e. The molecule has 112 valence electrons. The summed E-state index contributed by atoms with van der Waals surface area (Å²) in [4.78, 5) is 14.4. The van der Waals surface area contributed by atoms with Gasteiger partial charge in [0.15, 0.2) is 5.69 Å². The van der Waals surface area contributed by atoms with Crippen molar-refractivity contribution < 1.29 is 4.79 Å². The molecule has 2 aromatic rings. The molecule has 0 aliphatic heterocycles. The second-order valence-corrected chi connectivity index (χ2v) is 5.53. The summed E-state index contributed by atoms with van der Waals surface area (Å²) in [5.74, 6) is -0.224. The second-order valence-electron chi connectivity index (χ2n) is 4.67. The third kappa shape index (κ3) is 3.64. The van der Waals surface area contributed by atoms with Gasteiger partial charge in [0, 0.05) is 37.7 Å². The molecule has 2 rings (SSSR count). The molecule has 0 radical (unpaired) electrons. The van der Waals surface area contributed by atoms with Crippen LogP contribution in [0.1, 0.15) is 24.3 Å². The van der Waals surface area contributed by atoms with Crippen LogP contribution < -0.4 is 10.2 Å². The summed E-state index contributed by atoms with van der Waals surface area (Å²) in [5, 5.41) is 6.98. The first-order valence-corrected chi connectivity index (χ1v) is 7.70. The number of hydrogen-bond donors (Lipinski definition) is 1. The minimum atomic E-state index is -0.224. The molecule has 0 spiro atoms. The van der Waals surface area contributed by atoms with E-state index in [9.17, 15) is 4.79 Å². The normalized spacial score (nSPS) is 10.5. The number of aromatic nitrogens is 2. The van der Waals surface area contributed by atoms with E-state index in [1.165, 1.54) is 0 Å². The molecule has 1 N–H and O–H groups in total. The zero-order valence-electron chi connectivity index (χ0n) is 12.4. The largest absolute Gasteiger partial charge is 0.372 e. The lowest BCUT2D eigenvalue weighted by atomic mass is 10.2. The van der Waals surface area contributed by atoms with Gasteiger partial charge in [-0.2, -0.15) is 5.10 Å². The maximum Gasteiger partial charge on any atom is 0.277 e. The Labute approximate surface area is 133 Å². The number of halogens is 1. The Hall–Kier alpha value is -1.82. The molecule has 0 atom stereocenters. The number of benzene rings is 1. The number of nitrogens with one attached hydrogen (secondary N) is 1. The van der Waals surface area contributed by atoms with Gasteiger partial charge in [-0.3, -0.25) is 9.48 Å². The van der Waals surface area contributed by atoms with Crippen molar-refractivity contribution in [1.29, 1.82) is 0 Å². The predicted octanol–water partition coefficient (Wildman–Crippen LogP) is 3.28. The van der Waals surface area contributed by atoms with Crippen LogP contribution in [0.4, 0.5) is 11.4 Å². The first-order valence-electron chi connectivity index (χ1n) is 6.90. The smallest absolute Gasteiger partial charge is 0.277 e. The number of rotatable bonds is 5. The molecular formula is C15H19BrN4O. The van der Waals surface area contributed by atoms with E-state index in [2.05, 4.69) is 45.1 Å². The number of aryl methyl sites for hydroxylation is 1. The van der Waals surface area contributed by atoms with E-state index < -0.39 is 0 Å². The van der Waals surface area contributed by atoms with Gasteiger partial charge in [-0.1, -0.05) is 0 Å². The van der Waals surface area contributed by atoms with Crippen LogP contribution in [0.15, 0.2) is 34.9 Å². The van der Waals surface area contributed by atoms with E-state index >= 15 is 0 Å². The van der Waals surface area contributed by atoms with Gasteiger partial charge in [0.25, 0.3) is 5.91 Å². The Kier molecular flexibility index (Phi) is 5.01. The lowest BCUT2D eigenvalue weighted by Gasteiger charge is -2.21. The molecule has 6 heteroatoms. The lowest BCUT2D eigenvalue weighted by Crippen LogP contribution is -2.21. The van der Waals surface area contributed by atoms with Crippen LogP contribution in [0.2, 0.25) is 0 Å². The highest BCUT2D eigenvalue weighted by molar-refractivity contribution is 9.10. The van der Waals surface area contributed by atoms with Gasteiger partial charge in [-0.15, -0.1) is 0 Å². The van der Waals surface area contributed by atoms with Crippen LogP contribution in [0.5, 0.6) is 0 Å². The lowest BCUT2D eigenvalue weighted by molar-refractivity contribution is 0.102. The van der Waals surface area contributed by atoms with E-state index in [1.54, 1.807) is 17.9 Å². The maximum absolute atomic E-state index is 12.2. The molecule has 5 nitrogen and oxygen atoms in total. The SMILES string of the molecule is CCN(CC)c1ccc(NC(=O)c2nn(C)cc2Br)cc1. The van der Waals surface area contributed by atoms with Crippen LogP contribution >= 0.6 is 15.9 Å². The molecule has 21 heavy (non-hydrogen) atoms. The van der Waals surface area contributed by atoms with Crippen molar-refractivity contribution in [1.82, 2.24) is 9.78 Å². The van der Waals surface area contributed by atoms with Crippen molar-refractivity contribution in [3.8, 4) is 0 Å². The highest BCUT2D eigenvalue weighted by Crippen LogP contribution is 2.20. The van der Waals surface area contributed by atoms with Gasteiger partial charge in [0.1, 0.15) is 0 Å². The van der Waals surface area contributed by atoms with E-state index in [0.29, 0.717) is 10.2 Å². The quantitative estimate of drug-likeness (QED) is 0.900. The van der Waals surface area contributed by atoms with E-state index in [0.717, 1.165) is 24.5 Å². The van der Waals surface area contributed by atoms with Gasteiger partial charge < -0.3 is 10.2 Å². The molecule has 1 aromatic carbocycles. The zero-order chi connectivity index (χ0) is 15.4. The van der Waals surface area contributed by atoms with Crippen molar-refractivity contribution in [2.75, 3.05) is 23.3 Å². The Bertz CT molecular complexity index is 617. The van der Waals surface area contributed by atoms with E-state index in [1.807, 2.05) is 24.3 Å². The van der Waals surface area contributed by atoms with Crippen molar-refractivity contribution in [3.05, 3.63) is 40.6 Å². The predicted molar refractivity (Wildman–Crippen MR) is 88.9 cm³/mol. The highest BCUT2D eigenvalue weighted by atomic mass is 79.9. The Morgan fingerprint density at radius 3 is 2.38 bits per heavy atom. The Morgan fingerprint density at radius 2 is 1.90 bits per heavy atom. The third-order valence-corrected chi connectivity index (χ3v) is 3.83. The fourth-order valence-corrected chi connectivity index (χ4v) is 2.70. The molecule has 0 bridgehead atoms. The standard InChI is InChI=1S/C15H19BrN4O/c1-4-20(5-2)12-8-6-11(7-9-12)17-15(21)14-13(16)10-19(3)18-14/h6-10H,4-5H2,1-3H3,(H,17,21). The Morgan fingerprint density at radius 1 is 1.29 bits per heavy atom. The average Bonchev–Trinajstić information content (AvgIpc) is 2.81. The monoisotopic (exact) mass is 350 g/mol. The van der Waals surface area contributed by atoms with Gasteiger partial charge in [0.05, 0.1) is 4.47 Å². The number of carbonyl (C=O) groups excluding carboxylic acids is 1. The number of amides is 1. The zero-order valence-corrected chi connectivity index (χ0v) is 14.0. The van der Waals surface area contributed by atoms with Crippen molar-refractivity contribution in [3.63, 3.8) is 0 Å². The van der Waals surface area contributed by atoms with Crippen molar-refractivity contribution >= 4 is 33.2 Å². The third-order valence-electron chi connectivity index (χ3n) is 3.25. The van der Waals surface area contributed by atoms with Gasteiger partial charge >= 0.3 is 0 Å². The number of anilines is 2. The highest BCUT2D eigenvalue weighted by Gasteiger charge is 2.14. The summed E-state index contributed by atoms with van der Waals surface area (Å²) in [6, 6.07) is 7.83. The Balaban J connectivity index is 2.10. The van der Waals surface area contributed by atoms with Crippen LogP contribution in [-0.4, -0.2) is 28.8 Å². The summed E-state index contributed by atoms with van der Waals surface area (Å²) < 4.78 is 2.28. The van der Waals surface area contributed by atoms with Crippen molar-refractivity contribution in [2.24, 2.45) is 7.05 Å². The van der Waals surface area contributed by atoms with Gasteiger partial charge in [-0.05, 0) is 54.0 Å². The number of carbonyl (C=O) groups is 1. The van der Waals surface area contributed by atoms with E-state index in [4.69, 9.17) is 0 Å². The van der Waals surface area contributed by atoms with Crippen molar-refractivity contribution in [2.45, 2.75) is 13.8 Å². The molecule has 1 aromatic heterocycles. The van der Waals surface area contributed by atoms with Crippen LogP contribution in [0.25, 0.3) is 0 Å². The van der Waals surface area contributed by atoms with Crippen LogP contribution in [0, 0.1) is 0 Å². The molecule has 0 aliphatic carbocycles. The summed E-state index contributed by atoms with van der Waals surface area (Å²) >= 11 is 3.33. The summed E-state index contributed by atoms with van der Waals surface area (Å²) in [6.07, 6.45) is 1.75. The molecule has 1 heterocycles. The molecule has 0 saturated carbocycles. The van der Waals surface area contributed by atoms with Gasteiger partial charge in [-0.25, -0.2) is 0 Å². The number of hydrogen-bond acceptors (Lipinski definition) is 3. The second kappa shape index (κ2) is 6.76. The van der Waals surface area contributed by atoms with Gasteiger partial charge in [0.2, 0.25) is 0 Å². The summed E-state index contributed by atoms with van der Waals surface area (Å²) in [7, 11) is 1.78. The molecule has 1 amide bonds. The molecule has 0 fully saturated rings. The summed E-state index contributed by atoms with van der Waals surface area (Å²) in [6.45, 7) is 6.17. The average molecular weight is 351 g/mol. The molecule has 0 saturated heterocycles. The maximum atomic E-state index is 12.2. The number of nitrogens with zero attached hydrogens (tertiary/aromatic N) is 3. The fourth-order valence-electron chi connectivity index (χ4n) is 2.15. The minimum absolute atomic E-state index is 0.224. The molecule has 0 unspecified atom stereocenters. The fraction of sp³-hybridized carbons (Fsp3) is 0.333. The first-order chi connectivity index (χ1) is 10.0. The molecule has 0 aliphatic rings. The topological polar surface area (TPSA) is 50.2 Å².